The average Bonchev–Trinajstić information content (AvgIpc) is 2.66. The number of anilines is 1. The number of hydrogen-bond donors (Lipinski definition) is 2. The van der Waals surface area contributed by atoms with Gasteiger partial charge in [0.05, 0.1) is 17.2 Å². The molecule has 7 heteroatoms. The zero-order valence-electron chi connectivity index (χ0n) is 14.2. The smallest absolute Gasteiger partial charge is 0.255 e. The summed E-state index contributed by atoms with van der Waals surface area (Å²) in [5.41, 5.74) is 0.863. The molecule has 0 aliphatic carbocycles. The van der Waals surface area contributed by atoms with Gasteiger partial charge in [-0.1, -0.05) is 29.3 Å². The topological polar surface area (TPSA) is 67.8 Å². The third-order valence-electron chi connectivity index (χ3n) is 3.64. The number of carbonyl (C=O) groups is 1. The molecule has 0 bridgehead atoms. The molecule has 3 aromatic carbocycles. The summed E-state index contributed by atoms with van der Waals surface area (Å²) in [4.78, 5) is 12.4. The molecule has 0 aromatic heterocycles. The third kappa shape index (κ3) is 4.64. The molecule has 0 atom stereocenters. The van der Waals surface area contributed by atoms with Gasteiger partial charge in [-0.2, -0.15) is 0 Å². The normalized spacial score (nSPS) is 10.3. The monoisotopic (exact) mass is 403 g/mol. The van der Waals surface area contributed by atoms with Crippen molar-refractivity contribution in [3.05, 3.63) is 76.3 Å². The maximum atomic E-state index is 12.4. The van der Waals surface area contributed by atoms with Gasteiger partial charge in [-0.3, -0.25) is 4.79 Å². The summed E-state index contributed by atoms with van der Waals surface area (Å²) < 4.78 is 10.8. The van der Waals surface area contributed by atoms with Crippen LogP contribution in [0, 0.1) is 0 Å². The highest BCUT2D eigenvalue weighted by molar-refractivity contribution is 6.37. The highest BCUT2D eigenvalue weighted by atomic mass is 35.5. The number of methoxy groups -OCH3 is 1. The summed E-state index contributed by atoms with van der Waals surface area (Å²) in [6, 6.07) is 16.0. The Bertz CT molecular complexity index is 951. The number of aromatic hydroxyl groups is 1. The minimum Gasteiger partial charge on any atom is -0.508 e. The number of halogens is 2. The summed E-state index contributed by atoms with van der Waals surface area (Å²) in [7, 11) is 1.53. The van der Waals surface area contributed by atoms with Crippen molar-refractivity contribution in [3.8, 4) is 23.0 Å². The molecule has 0 aliphatic heterocycles. The van der Waals surface area contributed by atoms with E-state index in [-0.39, 0.29) is 27.5 Å². The predicted octanol–water partition coefficient (Wildman–Crippen LogP) is 5.75. The number of carbonyl (C=O) groups excluding carboxylic acids is 1. The van der Waals surface area contributed by atoms with Crippen molar-refractivity contribution in [3.63, 3.8) is 0 Å². The predicted molar refractivity (Wildman–Crippen MR) is 106 cm³/mol. The molecular weight excluding hydrogens is 389 g/mol. The van der Waals surface area contributed by atoms with E-state index < -0.39 is 0 Å². The van der Waals surface area contributed by atoms with Crippen LogP contribution in [0.4, 0.5) is 5.69 Å². The Kier molecular flexibility index (Phi) is 5.74. The van der Waals surface area contributed by atoms with Crippen LogP contribution in [0.2, 0.25) is 10.0 Å². The van der Waals surface area contributed by atoms with Gasteiger partial charge in [0.25, 0.3) is 5.91 Å². The van der Waals surface area contributed by atoms with Crippen molar-refractivity contribution in [2.45, 2.75) is 0 Å². The van der Waals surface area contributed by atoms with Crippen molar-refractivity contribution in [1.29, 1.82) is 0 Å². The van der Waals surface area contributed by atoms with Crippen LogP contribution in [-0.4, -0.2) is 18.1 Å². The molecule has 1 amide bonds. The molecule has 0 heterocycles. The molecule has 27 heavy (non-hydrogen) atoms. The van der Waals surface area contributed by atoms with Crippen LogP contribution in [0.25, 0.3) is 0 Å². The minimum absolute atomic E-state index is 0.121. The first-order valence-corrected chi connectivity index (χ1v) is 8.63. The van der Waals surface area contributed by atoms with E-state index in [9.17, 15) is 9.90 Å². The molecule has 0 radical (unpaired) electrons. The molecule has 0 unspecified atom stereocenters. The van der Waals surface area contributed by atoms with Crippen LogP contribution in [0.5, 0.6) is 23.0 Å². The van der Waals surface area contributed by atoms with Crippen molar-refractivity contribution >= 4 is 34.8 Å². The zero-order valence-corrected chi connectivity index (χ0v) is 15.7. The van der Waals surface area contributed by atoms with Crippen LogP contribution >= 0.6 is 23.2 Å². The first-order valence-electron chi connectivity index (χ1n) is 7.87. The van der Waals surface area contributed by atoms with Crippen molar-refractivity contribution in [2.75, 3.05) is 12.4 Å². The molecule has 0 saturated carbocycles. The molecule has 0 saturated heterocycles. The fraction of sp³-hybridized carbons (Fsp3) is 0.0500. The molecule has 3 rings (SSSR count). The molecule has 0 aliphatic rings. The summed E-state index contributed by atoms with van der Waals surface area (Å²) >= 11 is 12.5. The van der Waals surface area contributed by atoms with Crippen molar-refractivity contribution in [2.24, 2.45) is 0 Å². The second-order valence-electron chi connectivity index (χ2n) is 5.55. The van der Waals surface area contributed by atoms with Gasteiger partial charge < -0.3 is 19.9 Å². The average molecular weight is 404 g/mol. The van der Waals surface area contributed by atoms with E-state index in [0.717, 1.165) is 0 Å². The number of ether oxygens (including phenoxy) is 2. The van der Waals surface area contributed by atoms with E-state index in [1.165, 1.54) is 19.2 Å². The second-order valence-corrected chi connectivity index (χ2v) is 6.37. The standard InChI is InChI=1S/C20H15Cl2NO4/c1-26-16-4-2-3-12(9-16)20(25)23-13-10-17(21)19(18(22)11-13)27-15-7-5-14(24)6-8-15/h2-11,24H,1H3,(H,23,25). The first-order chi connectivity index (χ1) is 13.0. The number of hydrogen-bond acceptors (Lipinski definition) is 4. The lowest BCUT2D eigenvalue weighted by molar-refractivity contribution is 0.102. The van der Waals surface area contributed by atoms with Gasteiger partial charge in [0.1, 0.15) is 17.2 Å². The lowest BCUT2D eigenvalue weighted by Gasteiger charge is -2.12. The largest absolute Gasteiger partial charge is 0.508 e. The zero-order chi connectivity index (χ0) is 19.4. The van der Waals surface area contributed by atoms with E-state index >= 15 is 0 Å². The van der Waals surface area contributed by atoms with Crippen LogP contribution < -0.4 is 14.8 Å². The molecule has 5 nitrogen and oxygen atoms in total. The second kappa shape index (κ2) is 8.20. The maximum absolute atomic E-state index is 12.4. The van der Waals surface area contributed by atoms with E-state index in [4.69, 9.17) is 32.7 Å². The Morgan fingerprint density at radius 3 is 2.26 bits per heavy atom. The Labute approximate surface area is 166 Å². The van der Waals surface area contributed by atoms with E-state index in [1.807, 2.05) is 0 Å². The summed E-state index contributed by atoms with van der Waals surface area (Å²) in [5.74, 6) is 1.09. The summed E-state index contributed by atoms with van der Waals surface area (Å²) in [6.07, 6.45) is 0. The van der Waals surface area contributed by atoms with Crippen molar-refractivity contribution in [1.82, 2.24) is 0 Å². The highest BCUT2D eigenvalue weighted by Crippen LogP contribution is 2.39. The van der Waals surface area contributed by atoms with Crippen LogP contribution in [0.15, 0.2) is 60.7 Å². The van der Waals surface area contributed by atoms with Crippen LogP contribution in [-0.2, 0) is 0 Å². The SMILES string of the molecule is COc1cccc(C(=O)Nc2cc(Cl)c(Oc3ccc(O)cc3)c(Cl)c2)c1. The lowest BCUT2D eigenvalue weighted by Crippen LogP contribution is -2.12. The van der Waals surface area contributed by atoms with Crippen molar-refractivity contribution < 1.29 is 19.4 Å². The lowest BCUT2D eigenvalue weighted by atomic mass is 10.2. The molecule has 2 N–H and O–H groups in total. The molecule has 138 valence electrons. The van der Waals surface area contributed by atoms with Gasteiger partial charge in [-0.05, 0) is 54.6 Å². The Morgan fingerprint density at radius 1 is 0.963 bits per heavy atom. The molecule has 3 aromatic rings. The van der Waals surface area contributed by atoms with Gasteiger partial charge in [0, 0.05) is 11.3 Å². The fourth-order valence-electron chi connectivity index (χ4n) is 2.33. The fourth-order valence-corrected chi connectivity index (χ4v) is 2.89. The quantitative estimate of drug-likeness (QED) is 0.568. The van der Waals surface area contributed by atoms with E-state index in [1.54, 1.807) is 48.5 Å². The summed E-state index contributed by atoms with van der Waals surface area (Å²) in [6.45, 7) is 0. The van der Waals surface area contributed by atoms with Gasteiger partial charge in [-0.25, -0.2) is 0 Å². The molecule has 0 fully saturated rings. The Hall–Kier alpha value is -2.89. The Balaban J connectivity index is 1.79. The number of amides is 1. The first kappa shape index (κ1) is 18.9. The molecular formula is C20H15Cl2NO4. The van der Waals surface area contributed by atoms with Crippen LogP contribution in [0.1, 0.15) is 10.4 Å². The maximum Gasteiger partial charge on any atom is 0.255 e. The van der Waals surface area contributed by atoms with E-state index in [0.29, 0.717) is 22.7 Å². The highest BCUT2D eigenvalue weighted by Gasteiger charge is 2.14. The minimum atomic E-state index is -0.326. The summed E-state index contributed by atoms with van der Waals surface area (Å²) in [5, 5.41) is 12.5. The number of phenolic OH excluding ortho intramolecular Hbond substituents is 1. The van der Waals surface area contributed by atoms with E-state index in [2.05, 4.69) is 5.32 Å². The number of rotatable bonds is 5. The van der Waals surface area contributed by atoms with Gasteiger partial charge in [-0.15, -0.1) is 0 Å². The van der Waals surface area contributed by atoms with Gasteiger partial charge in [0.15, 0.2) is 5.75 Å². The Morgan fingerprint density at radius 2 is 1.63 bits per heavy atom. The van der Waals surface area contributed by atoms with Crippen LogP contribution in [0.3, 0.4) is 0 Å². The number of nitrogens with one attached hydrogen (secondary N) is 1. The number of phenols is 1. The van der Waals surface area contributed by atoms with Gasteiger partial charge >= 0.3 is 0 Å². The number of benzene rings is 3. The third-order valence-corrected chi connectivity index (χ3v) is 4.21. The molecule has 0 spiro atoms. The van der Waals surface area contributed by atoms with Gasteiger partial charge in [0.2, 0.25) is 0 Å².